The summed E-state index contributed by atoms with van der Waals surface area (Å²) in [6.45, 7) is 0. The fourth-order valence-electron chi connectivity index (χ4n) is 5.60. The van der Waals surface area contributed by atoms with Crippen LogP contribution < -0.4 is 0 Å². The zero-order valence-corrected chi connectivity index (χ0v) is 20.9. The first-order valence-corrected chi connectivity index (χ1v) is 12.9. The summed E-state index contributed by atoms with van der Waals surface area (Å²) < 4.78 is 6.70. The molecule has 8 rings (SSSR count). The largest absolute Gasteiger partial charge is 0.455 e. The topological polar surface area (TPSA) is 51.8 Å². The number of benzene rings is 4. The van der Waals surface area contributed by atoms with Gasteiger partial charge in [-0.15, -0.1) is 0 Å². The zero-order chi connectivity index (χ0) is 25.8. The van der Waals surface area contributed by atoms with Crippen molar-refractivity contribution in [2.75, 3.05) is 0 Å². The highest BCUT2D eigenvalue weighted by atomic mass is 16.3. The third kappa shape index (κ3) is 3.42. The van der Waals surface area contributed by atoms with Crippen LogP contribution in [-0.4, -0.2) is 15.0 Å². The van der Waals surface area contributed by atoms with Gasteiger partial charge in [0.05, 0.1) is 28.2 Å². The van der Waals surface area contributed by atoms with Gasteiger partial charge in [-0.25, -0.2) is 9.97 Å². The monoisotopic (exact) mass is 499 g/mol. The number of aromatic nitrogens is 3. The molecule has 0 unspecified atom stereocenters. The molecule has 0 fully saturated rings. The van der Waals surface area contributed by atoms with Crippen molar-refractivity contribution < 1.29 is 4.42 Å². The van der Waals surface area contributed by atoms with Gasteiger partial charge in [0.1, 0.15) is 11.3 Å². The molecule has 4 nitrogen and oxygen atoms in total. The van der Waals surface area contributed by atoms with Gasteiger partial charge in [-0.3, -0.25) is 4.98 Å². The van der Waals surface area contributed by atoms with E-state index in [1.165, 1.54) is 0 Å². The first-order chi connectivity index (χ1) is 19.3. The summed E-state index contributed by atoms with van der Waals surface area (Å²) in [6, 6.07) is 39.4. The molecular weight excluding hydrogens is 478 g/mol. The standard InChI is InChI=1S/C35H21N3O/c1-2-9-24-23(8-1)25(30-14-7-13-29(37-30)22-18-20-36-21-19-22)16-17-26(24)35-33-27-10-3-5-12-31(27)38-34(33)28-11-4-6-15-32(28)39-35/h1-21H. The van der Waals surface area contributed by atoms with Crippen LogP contribution in [0.1, 0.15) is 0 Å². The van der Waals surface area contributed by atoms with Gasteiger partial charge in [-0.1, -0.05) is 66.7 Å². The molecule has 0 spiro atoms. The van der Waals surface area contributed by atoms with Crippen molar-refractivity contribution in [3.63, 3.8) is 0 Å². The van der Waals surface area contributed by atoms with Crippen molar-refractivity contribution >= 4 is 32.6 Å². The molecule has 0 N–H and O–H groups in total. The van der Waals surface area contributed by atoms with Crippen LogP contribution in [0.15, 0.2) is 132 Å². The minimum absolute atomic E-state index is 0.822. The molecule has 0 atom stereocenters. The summed E-state index contributed by atoms with van der Waals surface area (Å²) in [5.41, 5.74) is 8.80. The summed E-state index contributed by atoms with van der Waals surface area (Å²) in [5, 5.41) is 4.34. The van der Waals surface area contributed by atoms with Gasteiger partial charge in [0.2, 0.25) is 0 Å². The molecule has 0 bridgehead atoms. The third-order valence-corrected chi connectivity index (χ3v) is 7.39. The van der Waals surface area contributed by atoms with Crippen molar-refractivity contribution in [1.82, 2.24) is 15.0 Å². The molecule has 6 aromatic rings. The Bertz CT molecular complexity index is 2130. The van der Waals surface area contributed by atoms with Gasteiger partial charge < -0.3 is 4.42 Å². The molecule has 0 saturated carbocycles. The lowest BCUT2D eigenvalue weighted by atomic mass is 9.92. The minimum Gasteiger partial charge on any atom is -0.455 e. The van der Waals surface area contributed by atoms with Crippen LogP contribution in [0.4, 0.5) is 0 Å². The molecule has 0 aliphatic carbocycles. The first kappa shape index (κ1) is 21.7. The van der Waals surface area contributed by atoms with E-state index in [9.17, 15) is 0 Å². The van der Waals surface area contributed by atoms with Gasteiger partial charge in [0.25, 0.3) is 0 Å². The lowest BCUT2D eigenvalue weighted by Gasteiger charge is -2.15. The van der Waals surface area contributed by atoms with Crippen LogP contribution in [0, 0.1) is 0 Å². The number of para-hydroxylation sites is 2. The summed E-state index contributed by atoms with van der Waals surface area (Å²) in [7, 11) is 0. The van der Waals surface area contributed by atoms with E-state index in [0.717, 1.165) is 77.7 Å². The minimum atomic E-state index is 0.822. The number of nitrogens with zero attached hydrogens (tertiary/aromatic N) is 3. The predicted octanol–water partition coefficient (Wildman–Crippen LogP) is 9.03. The summed E-state index contributed by atoms with van der Waals surface area (Å²) >= 11 is 0. The quantitative estimate of drug-likeness (QED) is 0.243. The molecule has 2 aliphatic rings. The van der Waals surface area contributed by atoms with Gasteiger partial charge in [-0.05, 0) is 59.3 Å². The van der Waals surface area contributed by atoms with Crippen LogP contribution in [0.25, 0.3) is 77.7 Å². The highest BCUT2D eigenvalue weighted by Gasteiger charge is 2.24. The molecule has 0 radical (unpaired) electrons. The van der Waals surface area contributed by atoms with Crippen molar-refractivity contribution in [3.05, 3.63) is 128 Å². The van der Waals surface area contributed by atoms with Crippen molar-refractivity contribution in [2.24, 2.45) is 0 Å². The van der Waals surface area contributed by atoms with Gasteiger partial charge in [0, 0.05) is 39.9 Å². The second-order valence-corrected chi connectivity index (χ2v) is 9.63. The van der Waals surface area contributed by atoms with Crippen LogP contribution in [0.5, 0.6) is 0 Å². The normalized spacial score (nSPS) is 11.6. The lowest BCUT2D eigenvalue weighted by molar-refractivity contribution is 0.622. The maximum absolute atomic E-state index is 6.70. The van der Waals surface area contributed by atoms with Gasteiger partial charge >= 0.3 is 0 Å². The maximum Gasteiger partial charge on any atom is 0.145 e. The number of rotatable bonds is 3. The molecule has 4 heterocycles. The lowest BCUT2D eigenvalue weighted by Crippen LogP contribution is -1.92. The second-order valence-electron chi connectivity index (χ2n) is 9.63. The molecule has 2 aliphatic heterocycles. The first-order valence-electron chi connectivity index (χ1n) is 12.9. The van der Waals surface area contributed by atoms with E-state index in [2.05, 4.69) is 77.8 Å². The van der Waals surface area contributed by atoms with E-state index >= 15 is 0 Å². The average molecular weight is 500 g/mol. The molecule has 2 aromatic heterocycles. The third-order valence-electron chi connectivity index (χ3n) is 7.39. The molecule has 0 saturated heterocycles. The molecule has 182 valence electrons. The van der Waals surface area contributed by atoms with E-state index in [4.69, 9.17) is 14.4 Å². The zero-order valence-electron chi connectivity index (χ0n) is 20.9. The highest BCUT2D eigenvalue weighted by molar-refractivity contribution is 6.13. The number of hydrogen-bond donors (Lipinski definition) is 0. The Morgan fingerprint density at radius 1 is 0.487 bits per heavy atom. The number of hydrogen-bond acceptors (Lipinski definition) is 4. The fourth-order valence-corrected chi connectivity index (χ4v) is 5.60. The Balaban J connectivity index is 1.40. The van der Waals surface area contributed by atoms with Gasteiger partial charge in [0.15, 0.2) is 0 Å². The van der Waals surface area contributed by atoms with Gasteiger partial charge in [-0.2, -0.15) is 0 Å². The maximum atomic E-state index is 6.70. The summed E-state index contributed by atoms with van der Waals surface area (Å²) in [6.07, 6.45) is 3.59. The van der Waals surface area contributed by atoms with Crippen LogP contribution in [-0.2, 0) is 0 Å². The van der Waals surface area contributed by atoms with Crippen molar-refractivity contribution in [2.45, 2.75) is 0 Å². The SMILES string of the molecule is c1cc(-c2ccncc2)nc(-c2ccc(-c3oc4ccccc4c4nc5ccccc5c3-4)c3ccccc23)c1. The fraction of sp³-hybridized carbons (Fsp3) is 0. The van der Waals surface area contributed by atoms with E-state index in [1.54, 1.807) is 12.4 Å². The van der Waals surface area contributed by atoms with Crippen molar-refractivity contribution in [3.8, 4) is 45.1 Å². The molecule has 39 heavy (non-hydrogen) atoms. The predicted molar refractivity (Wildman–Crippen MR) is 158 cm³/mol. The molecule has 0 amide bonds. The smallest absolute Gasteiger partial charge is 0.145 e. The van der Waals surface area contributed by atoms with E-state index in [0.29, 0.717) is 0 Å². The Hall–Kier alpha value is -5.35. The Kier molecular flexibility index (Phi) is 4.79. The second kappa shape index (κ2) is 8.61. The molecule has 4 heteroatoms. The van der Waals surface area contributed by atoms with Crippen LogP contribution >= 0.6 is 0 Å². The number of pyridine rings is 2. The Labute approximate surface area is 224 Å². The summed E-state index contributed by atoms with van der Waals surface area (Å²) in [5.74, 6) is 0.832. The highest BCUT2D eigenvalue weighted by Crippen LogP contribution is 2.46. The Morgan fingerprint density at radius 3 is 2.00 bits per heavy atom. The van der Waals surface area contributed by atoms with E-state index < -0.39 is 0 Å². The summed E-state index contributed by atoms with van der Waals surface area (Å²) in [4.78, 5) is 14.2. The van der Waals surface area contributed by atoms with Crippen LogP contribution in [0.3, 0.4) is 0 Å². The average Bonchev–Trinajstić information content (AvgIpc) is 3.41. The van der Waals surface area contributed by atoms with E-state index in [1.807, 2.05) is 42.5 Å². The molecular formula is C35H21N3O. The van der Waals surface area contributed by atoms with Crippen LogP contribution in [0.2, 0.25) is 0 Å². The Morgan fingerprint density at radius 2 is 1.15 bits per heavy atom. The van der Waals surface area contributed by atoms with E-state index in [-0.39, 0.29) is 0 Å². The molecule has 4 aromatic carbocycles. The number of fused-ring (bicyclic) bond motifs is 6. The van der Waals surface area contributed by atoms with Crippen molar-refractivity contribution in [1.29, 1.82) is 0 Å².